The van der Waals surface area contributed by atoms with Gasteiger partial charge >= 0.3 is 0 Å². The van der Waals surface area contributed by atoms with Crippen LogP contribution >= 0.6 is 0 Å². The van der Waals surface area contributed by atoms with E-state index in [9.17, 15) is 0 Å². The van der Waals surface area contributed by atoms with E-state index in [0.29, 0.717) is 0 Å². The SMILES string of the molecule is COc1ccc(C)cc1C(NN)c1ccc2c(c1)CCO2. The van der Waals surface area contributed by atoms with Crippen LogP contribution in [-0.4, -0.2) is 13.7 Å². The molecule has 3 rings (SSSR count). The maximum Gasteiger partial charge on any atom is 0.124 e. The van der Waals surface area contributed by atoms with Crippen LogP contribution in [0, 0.1) is 6.92 Å². The minimum absolute atomic E-state index is 0.106. The van der Waals surface area contributed by atoms with Gasteiger partial charge in [0.25, 0.3) is 0 Å². The third-order valence-electron chi connectivity index (χ3n) is 3.91. The molecule has 2 aromatic rings. The van der Waals surface area contributed by atoms with Gasteiger partial charge in [-0.15, -0.1) is 0 Å². The second kappa shape index (κ2) is 5.76. The summed E-state index contributed by atoms with van der Waals surface area (Å²) in [6, 6.07) is 12.2. The molecule has 4 heteroatoms. The van der Waals surface area contributed by atoms with Crippen molar-refractivity contribution in [3.63, 3.8) is 0 Å². The Morgan fingerprint density at radius 3 is 2.86 bits per heavy atom. The molecular weight excluding hydrogens is 264 g/mol. The lowest BCUT2D eigenvalue weighted by Crippen LogP contribution is -2.29. The van der Waals surface area contributed by atoms with Gasteiger partial charge in [0.2, 0.25) is 0 Å². The third-order valence-corrected chi connectivity index (χ3v) is 3.91. The van der Waals surface area contributed by atoms with Gasteiger partial charge < -0.3 is 9.47 Å². The Balaban J connectivity index is 2.04. The summed E-state index contributed by atoms with van der Waals surface area (Å²) in [6.07, 6.45) is 0.950. The van der Waals surface area contributed by atoms with Crippen LogP contribution in [-0.2, 0) is 6.42 Å². The highest BCUT2D eigenvalue weighted by molar-refractivity contribution is 5.47. The van der Waals surface area contributed by atoms with Crippen molar-refractivity contribution in [2.24, 2.45) is 5.84 Å². The Kier molecular flexibility index (Phi) is 3.82. The highest BCUT2D eigenvalue weighted by Crippen LogP contribution is 2.34. The summed E-state index contributed by atoms with van der Waals surface area (Å²) >= 11 is 0. The van der Waals surface area contributed by atoms with E-state index >= 15 is 0 Å². The molecule has 4 nitrogen and oxygen atoms in total. The van der Waals surface area contributed by atoms with Crippen LogP contribution in [0.2, 0.25) is 0 Å². The van der Waals surface area contributed by atoms with Crippen molar-refractivity contribution in [2.45, 2.75) is 19.4 Å². The Bertz CT molecular complexity index is 655. The molecule has 3 N–H and O–H groups in total. The molecule has 0 fully saturated rings. The van der Waals surface area contributed by atoms with Crippen molar-refractivity contribution in [2.75, 3.05) is 13.7 Å². The average molecular weight is 284 g/mol. The standard InChI is InChI=1S/C17H20N2O2/c1-11-3-5-16(20-2)14(9-11)17(19-18)13-4-6-15-12(10-13)7-8-21-15/h3-6,9-10,17,19H,7-8,18H2,1-2H3. The first-order valence-electron chi connectivity index (χ1n) is 7.09. The lowest BCUT2D eigenvalue weighted by Gasteiger charge is -2.20. The number of fused-ring (bicyclic) bond motifs is 1. The number of rotatable bonds is 4. The highest BCUT2D eigenvalue weighted by Gasteiger charge is 2.20. The fourth-order valence-corrected chi connectivity index (χ4v) is 2.83. The van der Waals surface area contributed by atoms with Crippen molar-refractivity contribution in [3.8, 4) is 11.5 Å². The zero-order valence-corrected chi connectivity index (χ0v) is 12.3. The summed E-state index contributed by atoms with van der Waals surface area (Å²) in [5, 5.41) is 0. The molecule has 2 aromatic carbocycles. The minimum atomic E-state index is -0.106. The van der Waals surface area contributed by atoms with Crippen molar-refractivity contribution < 1.29 is 9.47 Å². The number of hydrogen-bond donors (Lipinski definition) is 2. The van der Waals surface area contributed by atoms with E-state index in [4.69, 9.17) is 15.3 Å². The fraction of sp³-hybridized carbons (Fsp3) is 0.294. The van der Waals surface area contributed by atoms with Gasteiger partial charge in [-0.1, -0.05) is 29.8 Å². The summed E-state index contributed by atoms with van der Waals surface area (Å²) in [6.45, 7) is 2.82. The molecule has 1 aliphatic heterocycles. The summed E-state index contributed by atoms with van der Waals surface area (Å²) in [5.74, 6) is 7.63. The van der Waals surface area contributed by atoms with E-state index in [2.05, 4.69) is 30.5 Å². The van der Waals surface area contributed by atoms with Crippen LogP contribution < -0.4 is 20.7 Å². The van der Waals surface area contributed by atoms with Crippen LogP contribution in [0.3, 0.4) is 0 Å². The summed E-state index contributed by atoms with van der Waals surface area (Å²) in [4.78, 5) is 0. The maximum absolute atomic E-state index is 5.82. The first kappa shape index (κ1) is 13.9. The maximum atomic E-state index is 5.82. The fourth-order valence-electron chi connectivity index (χ4n) is 2.83. The van der Waals surface area contributed by atoms with E-state index in [1.807, 2.05) is 18.2 Å². The van der Waals surface area contributed by atoms with E-state index in [1.165, 1.54) is 11.1 Å². The predicted octanol–water partition coefficient (Wildman–Crippen LogP) is 2.49. The first-order chi connectivity index (χ1) is 10.2. The largest absolute Gasteiger partial charge is 0.496 e. The number of nitrogens with one attached hydrogen (secondary N) is 1. The summed E-state index contributed by atoms with van der Waals surface area (Å²) in [7, 11) is 1.68. The molecule has 0 aliphatic carbocycles. The number of hydrogen-bond acceptors (Lipinski definition) is 4. The van der Waals surface area contributed by atoms with Gasteiger partial charge in [0.15, 0.2) is 0 Å². The highest BCUT2D eigenvalue weighted by atomic mass is 16.5. The van der Waals surface area contributed by atoms with E-state index < -0.39 is 0 Å². The van der Waals surface area contributed by atoms with Gasteiger partial charge in [-0.25, -0.2) is 5.43 Å². The third kappa shape index (κ3) is 2.60. The number of ether oxygens (including phenoxy) is 2. The first-order valence-corrected chi connectivity index (χ1v) is 7.09. The monoisotopic (exact) mass is 284 g/mol. The quantitative estimate of drug-likeness (QED) is 0.669. The summed E-state index contributed by atoms with van der Waals surface area (Å²) < 4.78 is 11.0. The molecule has 1 atom stereocenters. The number of benzene rings is 2. The lowest BCUT2D eigenvalue weighted by atomic mass is 9.95. The van der Waals surface area contributed by atoms with Crippen LogP contribution in [0.1, 0.15) is 28.3 Å². The molecule has 1 heterocycles. The molecule has 110 valence electrons. The molecule has 1 aliphatic rings. The predicted molar refractivity (Wildman–Crippen MR) is 82.5 cm³/mol. The Labute approximate surface area is 124 Å². The van der Waals surface area contributed by atoms with Crippen LogP contribution in [0.4, 0.5) is 0 Å². The van der Waals surface area contributed by atoms with E-state index in [-0.39, 0.29) is 6.04 Å². The summed E-state index contributed by atoms with van der Waals surface area (Å²) in [5.41, 5.74) is 7.48. The molecule has 21 heavy (non-hydrogen) atoms. The zero-order chi connectivity index (χ0) is 14.8. The van der Waals surface area contributed by atoms with Crippen molar-refractivity contribution in [1.82, 2.24) is 5.43 Å². The molecule has 0 radical (unpaired) electrons. The number of methoxy groups -OCH3 is 1. The Morgan fingerprint density at radius 1 is 1.24 bits per heavy atom. The topological polar surface area (TPSA) is 56.5 Å². The van der Waals surface area contributed by atoms with Crippen LogP contribution in [0.15, 0.2) is 36.4 Å². The average Bonchev–Trinajstić information content (AvgIpc) is 2.96. The zero-order valence-electron chi connectivity index (χ0n) is 12.3. The van der Waals surface area contributed by atoms with Crippen molar-refractivity contribution in [3.05, 3.63) is 58.7 Å². The second-order valence-corrected chi connectivity index (χ2v) is 5.31. The molecule has 1 unspecified atom stereocenters. The molecule has 0 spiro atoms. The van der Waals surface area contributed by atoms with E-state index in [0.717, 1.165) is 35.7 Å². The van der Waals surface area contributed by atoms with Gasteiger partial charge in [-0.05, 0) is 30.2 Å². The number of nitrogens with two attached hydrogens (primary N) is 1. The van der Waals surface area contributed by atoms with Crippen molar-refractivity contribution in [1.29, 1.82) is 0 Å². The van der Waals surface area contributed by atoms with Gasteiger partial charge in [0.1, 0.15) is 11.5 Å². The molecule has 0 saturated carbocycles. The Hall–Kier alpha value is -2.04. The molecule has 0 bridgehead atoms. The van der Waals surface area contributed by atoms with E-state index in [1.54, 1.807) is 7.11 Å². The lowest BCUT2D eigenvalue weighted by molar-refractivity contribution is 0.356. The van der Waals surface area contributed by atoms with Gasteiger partial charge in [0, 0.05) is 12.0 Å². The van der Waals surface area contributed by atoms with Gasteiger partial charge in [0.05, 0.1) is 19.8 Å². The van der Waals surface area contributed by atoms with Gasteiger partial charge in [-0.2, -0.15) is 0 Å². The Morgan fingerprint density at radius 2 is 2.10 bits per heavy atom. The molecular formula is C17H20N2O2. The van der Waals surface area contributed by atoms with Crippen molar-refractivity contribution >= 4 is 0 Å². The smallest absolute Gasteiger partial charge is 0.124 e. The molecule has 0 aromatic heterocycles. The number of aryl methyl sites for hydroxylation is 1. The van der Waals surface area contributed by atoms with Crippen LogP contribution in [0.25, 0.3) is 0 Å². The molecule has 0 amide bonds. The minimum Gasteiger partial charge on any atom is -0.496 e. The normalized spacial score (nSPS) is 14.4. The number of hydrazine groups is 1. The van der Waals surface area contributed by atoms with Crippen LogP contribution in [0.5, 0.6) is 11.5 Å². The second-order valence-electron chi connectivity index (χ2n) is 5.31. The molecule has 0 saturated heterocycles. The van der Waals surface area contributed by atoms with Gasteiger partial charge in [-0.3, -0.25) is 5.84 Å².